The molecule has 0 aromatic carbocycles. The summed E-state index contributed by atoms with van der Waals surface area (Å²) in [5, 5.41) is 14.0. The summed E-state index contributed by atoms with van der Waals surface area (Å²) in [5.74, 6) is 0.159. The molecule has 0 fully saturated rings. The Morgan fingerprint density at radius 3 is 2.71 bits per heavy atom. The van der Waals surface area contributed by atoms with E-state index < -0.39 is 4.92 Å². The zero-order chi connectivity index (χ0) is 15.5. The number of hydrogen-bond acceptors (Lipinski definition) is 7. The Hall–Kier alpha value is -1.96. The third-order valence-corrected chi connectivity index (χ3v) is 2.65. The summed E-state index contributed by atoms with van der Waals surface area (Å²) in [7, 11) is 0. The van der Waals surface area contributed by atoms with E-state index in [1.165, 1.54) is 6.33 Å². The smallest absolute Gasteiger partial charge is 0.372 e. The van der Waals surface area contributed by atoms with Crippen LogP contribution in [0.15, 0.2) is 6.33 Å². The Bertz CT molecular complexity index is 442. The monoisotopic (exact) mass is 298 g/mol. The molecule has 0 aliphatic carbocycles. The fourth-order valence-electron chi connectivity index (χ4n) is 1.63. The van der Waals surface area contributed by atoms with Crippen molar-refractivity contribution >= 4 is 11.5 Å². The van der Waals surface area contributed by atoms with Crippen LogP contribution < -0.4 is 10.1 Å². The van der Waals surface area contributed by atoms with E-state index in [1.807, 2.05) is 0 Å². The van der Waals surface area contributed by atoms with Gasteiger partial charge in [0.15, 0.2) is 0 Å². The predicted molar refractivity (Wildman–Crippen MR) is 78.7 cm³/mol. The molecule has 8 heteroatoms. The van der Waals surface area contributed by atoms with Crippen molar-refractivity contribution in [1.29, 1.82) is 0 Å². The third kappa shape index (κ3) is 5.90. The summed E-state index contributed by atoms with van der Waals surface area (Å²) in [4.78, 5) is 18.3. The van der Waals surface area contributed by atoms with Gasteiger partial charge in [0.1, 0.15) is 6.33 Å². The van der Waals surface area contributed by atoms with Crippen LogP contribution >= 0.6 is 0 Å². The van der Waals surface area contributed by atoms with Gasteiger partial charge in [0.05, 0.1) is 11.5 Å². The lowest BCUT2D eigenvalue weighted by molar-refractivity contribution is -0.385. The van der Waals surface area contributed by atoms with Crippen LogP contribution in [-0.4, -0.2) is 41.3 Å². The molecule has 1 aromatic heterocycles. The first-order valence-electron chi connectivity index (χ1n) is 7.14. The molecule has 1 heterocycles. The van der Waals surface area contributed by atoms with Crippen molar-refractivity contribution in [2.45, 2.75) is 33.1 Å². The van der Waals surface area contributed by atoms with E-state index >= 15 is 0 Å². The average molecular weight is 298 g/mol. The topological polar surface area (TPSA) is 99.4 Å². The van der Waals surface area contributed by atoms with Crippen LogP contribution in [0.4, 0.5) is 11.5 Å². The van der Waals surface area contributed by atoms with Crippen molar-refractivity contribution in [2.75, 3.05) is 31.7 Å². The quantitative estimate of drug-likeness (QED) is 0.380. The van der Waals surface area contributed by atoms with Crippen LogP contribution in [0.1, 0.15) is 33.1 Å². The fourth-order valence-corrected chi connectivity index (χ4v) is 1.63. The summed E-state index contributed by atoms with van der Waals surface area (Å²) in [5.41, 5.74) is -0.230. The van der Waals surface area contributed by atoms with Gasteiger partial charge in [-0.15, -0.1) is 0 Å². The summed E-state index contributed by atoms with van der Waals surface area (Å²) in [6.07, 6.45) is 4.14. The maximum absolute atomic E-state index is 11.1. The second kappa shape index (κ2) is 9.87. The molecular formula is C13H22N4O4. The molecule has 118 valence electrons. The van der Waals surface area contributed by atoms with Gasteiger partial charge in [-0.2, -0.15) is 4.98 Å². The van der Waals surface area contributed by atoms with E-state index in [2.05, 4.69) is 22.2 Å². The number of unbranched alkanes of at least 4 members (excludes halogenated alkanes) is 1. The maximum Gasteiger partial charge on any atom is 0.372 e. The first-order chi connectivity index (χ1) is 10.2. The van der Waals surface area contributed by atoms with Crippen molar-refractivity contribution in [1.82, 2.24) is 9.97 Å². The fraction of sp³-hybridized carbons (Fsp3) is 0.692. The number of hydrogen-bond donors (Lipinski definition) is 1. The minimum Gasteiger partial charge on any atom is -0.473 e. The number of rotatable bonds is 11. The van der Waals surface area contributed by atoms with Gasteiger partial charge in [0, 0.05) is 19.8 Å². The van der Waals surface area contributed by atoms with E-state index in [9.17, 15) is 10.1 Å². The van der Waals surface area contributed by atoms with Gasteiger partial charge in [-0.25, -0.2) is 4.98 Å². The Kier molecular flexibility index (Phi) is 8.03. The highest BCUT2D eigenvalue weighted by Crippen LogP contribution is 2.30. The van der Waals surface area contributed by atoms with Crippen LogP contribution in [0, 0.1) is 10.1 Å². The van der Waals surface area contributed by atoms with Gasteiger partial charge < -0.3 is 14.8 Å². The van der Waals surface area contributed by atoms with Crippen molar-refractivity contribution in [3.8, 4) is 5.88 Å². The molecule has 0 atom stereocenters. The highest BCUT2D eigenvalue weighted by atomic mass is 16.6. The first-order valence-corrected chi connectivity index (χ1v) is 7.14. The number of anilines is 1. The van der Waals surface area contributed by atoms with E-state index in [0.29, 0.717) is 19.8 Å². The van der Waals surface area contributed by atoms with Crippen LogP contribution in [0.25, 0.3) is 0 Å². The summed E-state index contributed by atoms with van der Waals surface area (Å²) in [6, 6.07) is 0. The van der Waals surface area contributed by atoms with E-state index in [4.69, 9.17) is 9.47 Å². The zero-order valence-electron chi connectivity index (χ0n) is 12.5. The number of ether oxygens (including phenoxy) is 2. The Morgan fingerprint density at radius 2 is 2.05 bits per heavy atom. The summed E-state index contributed by atoms with van der Waals surface area (Å²) < 4.78 is 10.6. The van der Waals surface area contributed by atoms with Crippen molar-refractivity contribution in [3.63, 3.8) is 0 Å². The van der Waals surface area contributed by atoms with Gasteiger partial charge in [0.2, 0.25) is 5.82 Å². The molecule has 0 aliphatic heterocycles. The molecule has 0 aliphatic rings. The normalized spacial score (nSPS) is 10.4. The molecule has 0 saturated heterocycles. The highest BCUT2D eigenvalue weighted by Gasteiger charge is 2.23. The van der Waals surface area contributed by atoms with Crippen LogP contribution in [0.5, 0.6) is 5.88 Å². The van der Waals surface area contributed by atoms with Crippen molar-refractivity contribution in [2.24, 2.45) is 0 Å². The molecule has 1 aromatic rings. The number of aromatic nitrogens is 2. The largest absolute Gasteiger partial charge is 0.473 e. The second-order valence-electron chi connectivity index (χ2n) is 4.31. The lowest BCUT2D eigenvalue weighted by atomic mass is 10.3. The first kappa shape index (κ1) is 17.1. The standard InChI is InChI=1S/C13H22N4O4/c1-3-5-8-20-9-6-7-14-12-11(17(18)19)13(21-4-2)16-10-15-12/h10H,3-9H2,1-2H3,(H,14,15,16). The molecule has 0 unspecified atom stereocenters. The average Bonchev–Trinajstić information content (AvgIpc) is 2.46. The van der Waals surface area contributed by atoms with Gasteiger partial charge in [-0.1, -0.05) is 13.3 Å². The number of nitrogens with one attached hydrogen (secondary N) is 1. The molecule has 1 N–H and O–H groups in total. The van der Waals surface area contributed by atoms with Crippen LogP contribution in [0.3, 0.4) is 0 Å². The molecule has 1 rings (SSSR count). The molecular weight excluding hydrogens is 276 g/mol. The molecule has 0 radical (unpaired) electrons. The minimum atomic E-state index is -0.537. The van der Waals surface area contributed by atoms with Gasteiger partial charge in [0.25, 0.3) is 5.88 Å². The number of nitrogens with zero attached hydrogens (tertiary/aromatic N) is 3. The maximum atomic E-state index is 11.1. The van der Waals surface area contributed by atoms with Gasteiger partial charge in [-0.3, -0.25) is 10.1 Å². The van der Waals surface area contributed by atoms with Gasteiger partial charge in [-0.05, 0) is 19.8 Å². The van der Waals surface area contributed by atoms with Crippen LogP contribution in [0.2, 0.25) is 0 Å². The zero-order valence-corrected chi connectivity index (χ0v) is 12.5. The molecule has 0 saturated carbocycles. The predicted octanol–water partition coefficient (Wildman–Crippen LogP) is 2.40. The van der Waals surface area contributed by atoms with E-state index in [-0.39, 0.29) is 17.4 Å². The molecule has 0 amide bonds. The lowest BCUT2D eigenvalue weighted by Crippen LogP contribution is -2.11. The van der Waals surface area contributed by atoms with E-state index in [0.717, 1.165) is 25.9 Å². The van der Waals surface area contributed by atoms with Crippen molar-refractivity contribution in [3.05, 3.63) is 16.4 Å². The van der Waals surface area contributed by atoms with Crippen LogP contribution in [-0.2, 0) is 4.74 Å². The Labute approximate surface area is 124 Å². The van der Waals surface area contributed by atoms with Crippen molar-refractivity contribution < 1.29 is 14.4 Å². The SMILES string of the molecule is CCCCOCCCNc1ncnc(OCC)c1[N+](=O)[O-]. The number of nitro groups is 1. The second-order valence-corrected chi connectivity index (χ2v) is 4.31. The molecule has 0 bridgehead atoms. The summed E-state index contributed by atoms with van der Waals surface area (Å²) >= 11 is 0. The van der Waals surface area contributed by atoms with E-state index in [1.54, 1.807) is 6.92 Å². The molecule has 8 nitrogen and oxygen atoms in total. The Morgan fingerprint density at radius 1 is 1.29 bits per heavy atom. The lowest BCUT2D eigenvalue weighted by Gasteiger charge is -2.08. The Balaban J connectivity index is 2.50. The summed E-state index contributed by atoms with van der Waals surface area (Å²) in [6.45, 7) is 6.06. The van der Waals surface area contributed by atoms with Gasteiger partial charge >= 0.3 is 5.69 Å². The molecule has 21 heavy (non-hydrogen) atoms. The highest BCUT2D eigenvalue weighted by molar-refractivity contribution is 5.60. The minimum absolute atomic E-state index is 0.0146. The third-order valence-electron chi connectivity index (χ3n) is 2.65. The molecule has 0 spiro atoms.